The van der Waals surface area contributed by atoms with Crippen LogP contribution in [0, 0.1) is 5.92 Å². The molecular formula is C12H21N3OS. The molecule has 0 spiro atoms. The van der Waals surface area contributed by atoms with Gasteiger partial charge in [0.25, 0.3) is 5.19 Å². The normalized spacial score (nSPS) is 22.4. The first-order chi connectivity index (χ1) is 8.28. The zero-order valence-electron chi connectivity index (χ0n) is 10.7. The van der Waals surface area contributed by atoms with Gasteiger partial charge in [0.15, 0.2) is 0 Å². The molecule has 0 radical (unpaired) electrons. The number of hydrogen-bond donors (Lipinski definition) is 0. The maximum atomic E-state index is 5.34. The van der Waals surface area contributed by atoms with Crippen molar-refractivity contribution in [2.24, 2.45) is 5.92 Å². The molecule has 0 saturated carbocycles. The zero-order valence-corrected chi connectivity index (χ0v) is 11.5. The number of likely N-dealkylation sites (tertiary alicyclic amines) is 1. The highest BCUT2D eigenvalue weighted by Gasteiger charge is 2.15. The van der Waals surface area contributed by atoms with E-state index in [2.05, 4.69) is 22.0 Å². The lowest BCUT2D eigenvalue weighted by Crippen LogP contribution is -2.24. The van der Waals surface area contributed by atoms with Crippen molar-refractivity contribution in [1.82, 2.24) is 15.1 Å². The fraction of sp³-hybridized carbons (Fsp3) is 0.833. The molecule has 0 N–H and O–H groups in total. The monoisotopic (exact) mass is 255 g/mol. The van der Waals surface area contributed by atoms with Crippen LogP contribution in [0.2, 0.25) is 0 Å². The van der Waals surface area contributed by atoms with E-state index in [1.54, 1.807) is 11.3 Å². The van der Waals surface area contributed by atoms with Gasteiger partial charge in [-0.05, 0) is 45.2 Å². The molecule has 2 heterocycles. The van der Waals surface area contributed by atoms with Crippen molar-refractivity contribution in [3.8, 4) is 5.19 Å². The highest BCUT2D eigenvalue weighted by atomic mass is 32.1. The minimum absolute atomic E-state index is 0.663. The molecule has 0 aromatic carbocycles. The van der Waals surface area contributed by atoms with Crippen LogP contribution in [0.3, 0.4) is 0 Å². The second kappa shape index (κ2) is 6.31. The van der Waals surface area contributed by atoms with Crippen molar-refractivity contribution in [1.29, 1.82) is 0 Å². The summed E-state index contributed by atoms with van der Waals surface area (Å²) in [5.74, 6) is 0.869. The largest absolute Gasteiger partial charge is 0.469 e. The highest BCUT2D eigenvalue weighted by Crippen LogP contribution is 2.22. The number of rotatable bonds is 4. The molecule has 5 heteroatoms. The van der Waals surface area contributed by atoms with Crippen molar-refractivity contribution in [3.63, 3.8) is 0 Å². The molecule has 1 atom stereocenters. The summed E-state index contributed by atoms with van der Waals surface area (Å²) in [6.07, 6.45) is 3.96. The average Bonchev–Trinajstić information content (AvgIpc) is 2.63. The minimum Gasteiger partial charge on any atom is -0.469 e. The van der Waals surface area contributed by atoms with Gasteiger partial charge < -0.3 is 4.74 Å². The number of nitrogens with zero attached hydrogens (tertiary/aromatic N) is 3. The van der Waals surface area contributed by atoms with E-state index in [0.717, 1.165) is 17.5 Å². The minimum atomic E-state index is 0.663. The molecule has 96 valence electrons. The molecule has 2 rings (SSSR count). The second-order valence-corrected chi connectivity index (χ2v) is 5.73. The maximum Gasteiger partial charge on any atom is 0.294 e. The lowest BCUT2D eigenvalue weighted by atomic mass is 10.0. The van der Waals surface area contributed by atoms with Crippen LogP contribution < -0.4 is 4.74 Å². The predicted octanol–water partition coefficient (Wildman–Crippen LogP) is 2.56. The standard InChI is InChI=1S/C12H21N3OS/c1-3-16-12-14-13-11(17-12)9-15-7-4-5-10(2)6-8-15/h10H,3-9H2,1-2H3/t10-/m0/s1. The van der Waals surface area contributed by atoms with Crippen LogP contribution in [0.4, 0.5) is 0 Å². The molecule has 1 aliphatic rings. The Morgan fingerprint density at radius 2 is 2.24 bits per heavy atom. The molecule has 0 amide bonds. The SMILES string of the molecule is CCOc1nnc(CN2CCC[C@H](C)CC2)s1. The summed E-state index contributed by atoms with van der Waals surface area (Å²) in [6.45, 7) is 8.28. The van der Waals surface area contributed by atoms with Crippen LogP contribution in [0.1, 0.15) is 38.1 Å². The van der Waals surface area contributed by atoms with Gasteiger partial charge in [0, 0.05) is 0 Å². The molecule has 4 nitrogen and oxygen atoms in total. The summed E-state index contributed by atoms with van der Waals surface area (Å²) >= 11 is 1.57. The first kappa shape index (κ1) is 12.8. The molecule has 17 heavy (non-hydrogen) atoms. The van der Waals surface area contributed by atoms with Crippen LogP contribution in [-0.4, -0.2) is 34.8 Å². The second-order valence-electron chi connectivity index (χ2n) is 4.71. The van der Waals surface area contributed by atoms with Gasteiger partial charge in [0.1, 0.15) is 5.01 Å². The van der Waals surface area contributed by atoms with E-state index in [1.165, 1.54) is 32.4 Å². The molecule has 1 aliphatic heterocycles. The Labute approximate surface area is 107 Å². The smallest absolute Gasteiger partial charge is 0.294 e. The zero-order chi connectivity index (χ0) is 12.1. The Bertz CT molecular complexity index is 342. The number of hydrogen-bond acceptors (Lipinski definition) is 5. The van der Waals surface area contributed by atoms with Crippen LogP contribution in [0.15, 0.2) is 0 Å². The first-order valence-corrected chi connectivity index (χ1v) is 7.27. The Kier molecular flexibility index (Phi) is 4.74. The number of aromatic nitrogens is 2. The van der Waals surface area contributed by atoms with Crippen molar-refractivity contribution in [2.45, 2.75) is 39.7 Å². The Morgan fingerprint density at radius 3 is 3.06 bits per heavy atom. The van der Waals surface area contributed by atoms with Gasteiger partial charge >= 0.3 is 0 Å². The average molecular weight is 255 g/mol. The van der Waals surface area contributed by atoms with Crippen molar-refractivity contribution < 1.29 is 4.74 Å². The Morgan fingerprint density at radius 1 is 1.35 bits per heavy atom. The third-order valence-electron chi connectivity index (χ3n) is 3.18. The van der Waals surface area contributed by atoms with Gasteiger partial charge in [-0.15, -0.1) is 10.2 Å². The summed E-state index contributed by atoms with van der Waals surface area (Å²) in [5.41, 5.74) is 0. The van der Waals surface area contributed by atoms with Crippen LogP contribution >= 0.6 is 11.3 Å². The molecule has 0 unspecified atom stereocenters. The summed E-state index contributed by atoms with van der Waals surface area (Å²) in [6, 6.07) is 0. The third kappa shape index (κ3) is 3.92. The van der Waals surface area contributed by atoms with Crippen molar-refractivity contribution in [3.05, 3.63) is 5.01 Å². The summed E-state index contributed by atoms with van der Waals surface area (Å²) in [4.78, 5) is 2.49. The van der Waals surface area contributed by atoms with Gasteiger partial charge in [-0.3, -0.25) is 4.90 Å². The highest BCUT2D eigenvalue weighted by molar-refractivity contribution is 7.13. The molecule has 1 fully saturated rings. The predicted molar refractivity (Wildman–Crippen MR) is 69.4 cm³/mol. The molecule has 1 saturated heterocycles. The quantitative estimate of drug-likeness (QED) is 0.829. The van der Waals surface area contributed by atoms with E-state index in [9.17, 15) is 0 Å². The lowest BCUT2D eigenvalue weighted by Gasteiger charge is -2.17. The van der Waals surface area contributed by atoms with E-state index in [4.69, 9.17) is 4.74 Å². The van der Waals surface area contributed by atoms with E-state index < -0.39 is 0 Å². The summed E-state index contributed by atoms with van der Waals surface area (Å²) < 4.78 is 5.34. The van der Waals surface area contributed by atoms with E-state index >= 15 is 0 Å². The van der Waals surface area contributed by atoms with Gasteiger partial charge in [-0.25, -0.2) is 0 Å². The molecule has 0 aliphatic carbocycles. The van der Waals surface area contributed by atoms with Crippen molar-refractivity contribution >= 4 is 11.3 Å². The third-order valence-corrected chi connectivity index (χ3v) is 4.00. The van der Waals surface area contributed by atoms with E-state index in [-0.39, 0.29) is 0 Å². The molecular weight excluding hydrogens is 234 g/mol. The van der Waals surface area contributed by atoms with E-state index in [1.807, 2.05) is 6.92 Å². The van der Waals surface area contributed by atoms with Crippen LogP contribution in [0.5, 0.6) is 5.19 Å². The lowest BCUT2D eigenvalue weighted by molar-refractivity contribution is 0.272. The molecule has 1 aromatic rings. The van der Waals surface area contributed by atoms with Gasteiger partial charge in [0.2, 0.25) is 0 Å². The Balaban J connectivity index is 1.86. The maximum absolute atomic E-state index is 5.34. The van der Waals surface area contributed by atoms with Crippen LogP contribution in [0.25, 0.3) is 0 Å². The number of ether oxygens (including phenoxy) is 1. The van der Waals surface area contributed by atoms with Crippen molar-refractivity contribution in [2.75, 3.05) is 19.7 Å². The summed E-state index contributed by atoms with van der Waals surface area (Å²) in [7, 11) is 0. The fourth-order valence-electron chi connectivity index (χ4n) is 2.16. The van der Waals surface area contributed by atoms with Gasteiger partial charge in [-0.1, -0.05) is 18.3 Å². The van der Waals surface area contributed by atoms with Gasteiger partial charge in [-0.2, -0.15) is 0 Å². The topological polar surface area (TPSA) is 38.3 Å². The fourth-order valence-corrected chi connectivity index (χ4v) is 2.94. The molecule has 0 bridgehead atoms. The van der Waals surface area contributed by atoms with Crippen LogP contribution in [-0.2, 0) is 6.54 Å². The Hall–Kier alpha value is -0.680. The van der Waals surface area contributed by atoms with E-state index in [0.29, 0.717) is 11.8 Å². The molecule has 1 aromatic heterocycles. The first-order valence-electron chi connectivity index (χ1n) is 6.45. The van der Waals surface area contributed by atoms with Gasteiger partial charge in [0.05, 0.1) is 13.2 Å². The summed E-state index contributed by atoms with van der Waals surface area (Å²) in [5, 5.41) is 9.98.